The molecular weight excluding hydrogens is 137 g/mol. The molecule has 31 valence electrons. The molecule has 0 saturated heterocycles. The van der Waals surface area contributed by atoms with Crippen LogP contribution in [0.2, 0.25) is 0 Å². The van der Waals surface area contributed by atoms with E-state index in [9.17, 15) is 0 Å². The van der Waals surface area contributed by atoms with Gasteiger partial charge in [0.25, 0.3) is 0 Å². The molecule has 0 rings (SSSR count). The first kappa shape index (κ1) is 16.5. The molecule has 0 atom stereocenters. The molecule has 1 radical (unpaired) electrons. The maximum atomic E-state index is 2.00. The number of rotatable bonds is 0. The summed E-state index contributed by atoms with van der Waals surface area (Å²) in [5.41, 5.74) is 0. The Morgan fingerprint density at radius 2 is 0.600 bits per heavy atom. The first-order valence-corrected chi connectivity index (χ1v) is 2.00. The molecule has 0 aliphatic carbocycles. The minimum atomic E-state index is 0. The smallest absolute Gasteiger partial charge is 0 e. The Morgan fingerprint density at radius 1 is 0.600 bits per heavy atom. The second-order valence-corrected chi connectivity index (χ2v) is 0. The molecule has 0 heterocycles. The van der Waals surface area contributed by atoms with Gasteiger partial charge in [0.05, 0.1) is 0 Å². The van der Waals surface area contributed by atoms with E-state index in [-0.39, 0.29) is 32.7 Å². The standard InChI is InChI=1S/2C2H6.Y/c2*1-2;/h2*1-2H3;. The van der Waals surface area contributed by atoms with Crippen LogP contribution in [0.25, 0.3) is 0 Å². The Hall–Kier alpha value is 1.10. The average Bonchev–Trinajstić information content (AvgIpc) is 1.50. The van der Waals surface area contributed by atoms with E-state index in [0.29, 0.717) is 0 Å². The van der Waals surface area contributed by atoms with Crippen LogP contribution in [-0.2, 0) is 32.7 Å². The van der Waals surface area contributed by atoms with Gasteiger partial charge in [0.2, 0.25) is 0 Å². The van der Waals surface area contributed by atoms with Gasteiger partial charge in [0, 0.05) is 32.7 Å². The molecule has 0 aromatic rings. The minimum absolute atomic E-state index is 0. The maximum absolute atomic E-state index is 2.00. The van der Waals surface area contributed by atoms with Crippen LogP contribution in [0, 0.1) is 0 Å². The predicted octanol–water partition coefficient (Wildman–Crippen LogP) is 2.05. The topological polar surface area (TPSA) is 0 Å². The first-order chi connectivity index (χ1) is 2.00. The van der Waals surface area contributed by atoms with E-state index in [1.54, 1.807) is 0 Å². The van der Waals surface area contributed by atoms with Crippen LogP contribution in [0.15, 0.2) is 0 Å². The largest absolute Gasteiger partial charge is 0.0683 e. The van der Waals surface area contributed by atoms with Crippen molar-refractivity contribution >= 4 is 0 Å². The van der Waals surface area contributed by atoms with Crippen LogP contribution < -0.4 is 0 Å². The molecule has 0 spiro atoms. The van der Waals surface area contributed by atoms with Crippen LogP contribution in [0.4, 0.5) is 0 Å². The van der Waals surface area contributed by atoms with E-state index < -0.39 is 0 Å². The SMILES string of the molecule is CC.CC.[Y]. The third-order valence-corrected chi connectivity index (χ3v) is 0. The van der Waals surface area contributed by atoms with Crippen molar-refractivity contribution in [1.82, 2.24) is 0 Å². The minimum Gasteiger partial charge on any atom is -0.0683 e. The summed E-state index contributed by atoms with van der Waals surface area (Å²) >= 11 is 0. The second kappa shape index (κ2) is 70.5. The van der Waals surface area contributed by atoms with E-state index in [1.807, 2.05) is 27.7 Å². The summed E-state index contributed by atoms with van der Waals surface area (Å²) in [5, 5.41) is 0. The number of hydrogen-bond donors (Lipinski definition) is 0. The van der Waals surface area contributed by atoms with Crippen molar-refractivity contribution in [3.63, 3.8) is 0 Å². The van der Waals surface area contributed by atoms with Crippen molar-refractivity contribution in [3.8, 4) is 0 Å². The maximum Gasteiger partial charge on any atom is 0 e. The Bertz CT molecular complexity index is 3.61. The van der Waals surface area contributed by atoms with Crippen LogP contribution in [0.5, 0.6) is 0 Å². The fourth-order valence-corrected chi connectivity index (χ4v) is 0. The molecule has 0 fully saturated rings. The van der Waals surface area contributed by atoms with Gasteiger partial charge in [-0.1, -0.05) is 27.7 Å². The van der Waals surface area contributed by atoms with Gasteiger partial charge in [-0.15, -0.1) is 0 Å². The Labute approximate surface area is 60.2 Å². The molecule has 0 saturated carbocycles. The van der Waals surface area contributed by atoms with Crippen molar-refractivity contribution in [2.45, 2.75) is 27.7 Å². The molecule has 5 heavy (non-hydrogen) atoms. The summed E-state index contributed by atoms with van der Waals surface area (Å²) in [6.07, 6.45) is 0. The number of hydrogen-bond acceptors (Lipinski definition) is 0. The zero-order chi connectivity index (χ0) is 4.00. The first-order valence-electron chi connectivity index (χ1n) is 2.00. The molecule has 0 amide bonds. The van der Waals surface area contributed by atoms with Crippen molar-refractivity contribution < 1.29 is 32.7 Å². The predicted molar refractivity (Wildman–Crippen MR) is 22.7 cm³/mol. The molecule has 0 aliphatic heterocycles. The summed E-state index contributed by atoms with van der Waals surface area (Å²) < 4.78 is 0. The molecule has 0 aliphatic rings. The zero-order valence-corrected chi connectivity index (χ0v) is 7.42. The van der Waals surface area contributed by atoms with E-state index in [2.05, 4.69) is 0 Å². The average molecular weight is 149 g/mol. The molecule has 0 nitrogen and oxygen atoms in total. The van der Waals surface area contributed by atoms with E-state index in [4.69, 9.17) is 0 Å². The zero-order valence-electron chi connectivity index (χ0n) is 4.58. The third-order valence-electron chi connectivity index (χ3n) is 0. The van der Waals surface area contributed by atoms with Gasteiger partial charge in [-0.25, -0.2) is 0 Å². The van der Waals surface area contributed by atoms with Crippen LogP contribution in [0.1, 0.15) is 27.7 Å². The molecule has 0 unspecified atom stereocenters. The fraction of sp³-hybridized carbons (Fsp3) is 1.00. The molecule has 0 aromatic heterocycles. The van der Waals surface area contributed by atoms with Gasteiger partial charge in [-0.2, -0.15) is 0 Å². The Morgan fingerprint density at radius 3 is 0.600 bits per heavy atom. The van der Waals surface area contributed by atoms with Crippen LogP contribution in [-0.4, -0.2) is 0 Å². The monoisotopic (exact) mass is 149 g/mol. The summed E-state index contributed by atoms with van der Waals surface area (Å²) in [6.45, 7) is 8.00. The molecule has 1 heteroatoms. The molecular formula is C4H12Y. The summed E-state index contributed by atoms with van der Waals surface area (Å²) in [5.74, 6) is 0. The quantitative estimate of drug-likeness (QED) is 0.494. The van der Waals surface area contributed by atoms with E-state index in [0.717, 1.165) is 0 Å². The van der Waals surface area contributed by atoms with Gasteiger partial charge >= 0.3 is 0 Å². The van der Waals surface area contributed by atoms with Crippen LogP contribution in [0.3, 0.4) is 0 Å². The van der Waals surface area contributed by atoms with Crippen molar-refractivity contribution in [3.05, 3.63) is 0 Å². The molecule has 0 bridgehead atoms. The Kier molecular flexibility index (Phi) is 233. The van der Waals surface area contributed by atoms with Gasteiger partial charge in [0.1, 0.15) is 0 Å². The van der Waals surface area contributed by atoms with Gasteiger partial charge < -0.3 is 0 Å². The molecule has 0 N–H and O–H groups in total. The van der Waals surface area contributed by atoms with Crippen molar-refractivity contribution in [1.29, 1.82) is 0 Å². The van der Waals surface area contributed by atoms with Crippen molar-refractivity contribution in [2.75, 3.05) is 0 Å². The fourth-order valence-electron chi connectivity index (χ4n) is 0. The molecule has 0 aromatic carbocycles. The van der Waals surface area contributed by atoms with E-state index >= 15 is 0 Å². The van der Waals surface area contributed by atoms with Gasteiger partial charge in [0.15, 0.2) is 0 Å². The van der Waals surface area contributed by atoms with Crippen LogP contribution >= 0.6 is 0 Å². The summed E-state index contributed by atoms with van der Waals surface area (Å²) in [6, 6.07) is 0. The van der Waals surface area contributed by atoms with E-state index in [1.165, 1.54) is 0 Å². The third kappa shape index (κ3) is 40.4. The Balaban J connectivity index is -0.0000000133. The van der Waals surface area contributed by atoms with Gasteiger partial charge in [-0.05, 0) is 0 Å². The summed E-state index contributed by atoms with van der Waals surface area (Å²) in [7, 11) is 0. The second-order valence-electron chi connectivity index (χ2n) is 0. The van der Waals surface area contributed by atoms with Gasteiger partial charge in [-0.3, -0.25) is 0 Å². The normalized spacial score (nSPS) is 2.40. The summed E-state index contributed by atoms with van der Waals surface area (Å²) in [4.78, 5) is 0. The van der Waals surface area contributed by atoms with Crippen molar-refractivity contribution in [2.24, 2.45) is 0 Å².